The van der Waals surface area contributed by atoms with Gasteiger partial charge in [0.1, 0.15) is 0 Å². The monoisotopic (exact) mass is 209 g/mol. The first kappa shape index (κ1) is 13.2. The van der Waals surface area contributed by atoms with Crippen LogP contribution in [0.3, 0.4) is 0 Å². The highest BCUT2D eigenvalue weighted by Crippen LogP contribution is 2.15. The molecule has 0 amide bonds. The van der Waals surface area contributed by atoms with Gasteiger partial charge in [-0.15, -0.1) is 0 Å². The second kappa shape index (κ2) is 6.60. The molecule has 0 bridgehead atoms. The van der Waals surface area contributed by atoms with Gasteiger partial charge in [-0.1, -0.05) is 0 Å². The molecular formula is C9H20ClNO2. The zero-order valence-corrected chi connectivity index (χ0v) is 9.35. The van der Waals surface area contributed by atoms with E-state index in [1.807, 2.05) is 0 Å². The number of nitrogens with zero attached hydrogens (tertiary/aromatic N) is 1. The molecule has 3 nitrogen and oxygen atoms in total. The van der Waals surface area contributed by atoms with E-state index in [-0.39, 0.29) is 12.4 Å². The molecule has 4 heteroatoms. The number of hydrogen-bond acceptors (Lipinski definition) is 2. The standard InChI is InChI=1S/C9H20NO2.ClH/c1-10(5-3-4-6-10)9-12-8-7-11-2;/h3-9H2,1-2H3;1H/q+1;/p-1. The van der Waals surface area contributed by atoms with E-state index in [1.54, 1.807) is 7.11 Å². The Morgan fingerprint density at radius 2 is 1.77 bits per heavy atom. The molecule has 13 heavy (non-hydrogen) atoms. The van der Waals surface area contributed by atoms with E-state index in [2.05, 4.69) is 7.05 Å². The Balaban J connectivity index is 0.00000144. The van der Waals surface area contributed by atoms with Gasteiger partial charge in [0.2, 0.25) is 0 Å². The van der Waals surface area contributed by atoms with Crippen LogP contribution in [0.5, 0.6) is 0 Å². The predicted octanol–water partition coefficient (Wildman–Crippen LogP) is -2.15. The van der Waals surface area contributed by atoms with E-state index in [4.69, 9.17) is 9.47 Å². The number of rotatable bonds is 5. The molecule has 1 aliphatic heterocycles. The van der Waals surface area contributed by atoms with Crippen LogP contribution in [-0.2, 0) is 9.47 Å². The molecule has 0 unspecified atom stereocenters. The zero-order valence-electron chi connectivity index (χ0n) is 8.59. The van der Waals surface area contributed by atoms with Crippen molar-refractivity contribution in [2.45, 2.75) is 12.8 Å². The number of quaternary nitrogens is 1. The Morgan fingerprint density at radius 1 is 1.15 bits per heavy atom. The van der Waals surface area contributed by atoms with Gasteiger partial charge in [0.15, 0.2) is 6.73 Å². The quantitative estimate of drug-likeness (QED) is 0.380. The maximum Gasteiger partial charge on any atom is 0.183 e. The van der Waals surface area contributed by atoms with Crippen LogP contribution in [-0.4, -0.2) is 51.7 Å². The topological polar surface area (TPSA) is 18.5 Å². The minimum absolute atomic E-state index is 0. The van der Waals surface area contributed by atoms with Gasteiger partial charge >= 0.3 is 0 Å². The van der Waals surface area contributed by atoms with Crippen molar-refractivity contribution in [1.82, 2.24) is 0 Å². The lowest BCUT2D eigenvalue weighted by Gasteiger charge is -2.28. The number of hydrogen-bond donors (Lipinski definition) is 0. The number of halogens is 1. The number of likely N-dealkylation sites (tertiary alicyclic amines) is 1. The van der Waals surface area contributed by atoms with Crippen LogP contribution in [0.25, 0.3) is 0 Å². The first-order chi connectivity index (χ1) is 5.77. The average Bonchev–Trinajstić information content (AvgIpc) is 2.47. The van der Waals surface area contributed by atoms with Gasteiger partial charge in [0.05, 0.1) is 33.4 Å². The summed E-state index contributed by atoms with van der Waals surface area (Å²) < 4.78 is 11.5. The third kappa shape index (κ3) is 4.81. The summed E-state index contributed by atoms with van der Waals surface area (Å²) in [6.07, 6.45) is 2.70. The van der Waals surface area contributed by atoms with Crippen LogP contribution >= 0.6 is 0 Å². The third-order valence-electron chi connectivity index (χ3n) is 2.48. The Hall–Kier alpha value is 0.170. The fourth-order valence-electron chi connectivity index (χ4n) is 1.66. The van der Waals surface area contributed by atoms with Gasteiger partial charge in [-0.25, -0.2) is 0 Å². The van der Waals surface area contributed by atoms with Crippen molar-refractivity contribution in [2.24, 2.45) is 0 Å². The van der Waals surface area contributed by atoms with Crippen molar-refractivity contribution in [2.75, 3.05) is 47.2 Å². The predicted molar refractivity (Wildman–Crippen MR) is 47.8 cm³/mol. The van der Waals surface area contributed by atoms with Crippen LogP contribution < -0.4 is 12.4 Å². The van der Waals surface area contributed by atoms with Crippen molar-refractivity contribution in [3.8, 4) is 0 Å². The molecule has 0 aromatic carbocycles. The highest BCUT2D eigenvalue weighted by Gasteiger charge is 2.26. The molecule has 0 spiro atoms. The van der Waals surface area contributed by atoms with Crippen LogP contribution in [0.4, 0.5) is 0 Å². The van der Waals surface area contributed by atoms with Crippen molar-refractivity contribution < 1.29 is 26.4 Å². The molecule has 0 aliphatic carbocycles. The molecule has 80 valence electrons. The lowest BCUT2D eigenvalue weighted by Crippen LogP contribution is -3.00. The van der Waals surface area contributed by atoms with Gasteiger partial charge < -0.3 is 26.4 Å². The largest absolute Gasteiger partial charge is 1.00 e. The molecule has 1 heterocycles. The Kier molecular flexibility index (Phi) is 6.68. The summed E-state index contributed by atoms with van der Waals surface area (Å²) in [6, 6.07) is 0. The van der Waals surface area contributed by atoms with Gasteiger partial charge in [0, 0.05) is 20.0 Å². The SMILES string of the molecule is COCCOC[N+]1(C)CCCC1.[Cl-]. The fourth-order valence-corrected chi connectivity index (χ4v) is 1.66. The molecule has 0 aromatic heterocycles. The van der Waals surface area contributed by atoms with Gasteiger partial charge in [-0.3, -0.25) is 0 Å². The summed E-state index contributed by atoms with van der Waals surface area (Å²) in [4.78, 5) is 0. The maximum atomic E-state index is 5.51. The average molecular weight is 210 g/mol. The van der Waals surface area contributed by atoms with Crippen LogP contribution in [0.2, 0.25) is 0 Å². The Morgan fingerprint density at radius 3 is 2.31 bits per heavy atom. The first-order valence-electron chi connectivity index (χ1n) is 4.67. The molecule has 0 N–H and O–H groups in total. The smallest absolute Gasteiger partial charge is 0.183 e. The zero-order chi connectivity index (χ0) is 8.86. The molecule has 1 fully saturated rings. The lowest BCUT2D eigenvalue weighted by molar-refractivity contribution is -0.916. The minimum atomic E-state index is 0. The second-order valence-corrected chi connectivity index (χ2v) is 3.80. The maximum absolute atomic E-state index is 5.51. The van der Waals surface area contributed by atoms with Gasteiger partial charge in [-0.05, 0) is 0 Å². The van der Waals surface area contributed by atoms with Crippen molar-refractivity contribution in [3.63, 3.8) is 0 Å². The Bertz CT molecular complexity index is 127. The van der Waals surface area contributed by atoms with Crippen molar-refractivity contribution >= 4 is 0 Å². The fraction of sp³-hybridized carbons (Fsp3) is 1.00. The summed E-state index contributed by atoms with van der Waals surface area (Å²) in [5.41, 5.74) is 0. The van der Waals surface area contributed by atoms with E-state index < -0.39 is 0 Å². The number of ether oxygens (including phenoxy) is 2. The molecule has 0 aromatic rings. The van der Waals surface area contributed by atoms with E-state index in [9.17, 15) is 0 Å². The molecule has 1 aliphatic rings. The van der Waals surface area contributed by atoms with Crippen LogP contribution in [0.15, 0.2) is 0 Å². The summed E-state index contributed by atoms with van der Waals surface area (Å²) in [5, 5.41) is 0. The van der Waals surface area contributed by atoms with E-state index >= 15 is 0 Å². The third-order valence-corrected chi connectivity index (χ3v) is 2.48. The first-order valence-corrected chi connectivity index (χ1v) is 4.67. The molecule has 1 rings (SSSR count). The second-order valence-electron chi connectivity index (χ2n) is 3.80. The summed E-state index contributed by atoms with van der Waals surface area (Å²) >= 11 is 0. The normalized spacial score (nSPS) is 19.8. The molecule has 0 atom stereocenters. The van der Waals surface area contributed by atoms with Crippen molar-refractivity contribution in [1.29, 1.82) is 0 Å². The number of methoxy groups -OCH3 is 1. The summed E-state index contributed by atoms with van der Waals surface area (Å²) in [6.45, 7) is 4.83. The molecule has 1 saturated heterocycles. The van der Waals surface area contributed by atoms with E-state index in [1.165, 1.54) is 25.9 Å². The highest BCUT2D eigenvalue weighted by atomic mass is 35.5. The highest BCUT2D eigenvalue weighted by molar-refractivity contribution is 4.48. The summed E-state index contributed by atoms with van der Waals surface area (Å²) in [5.74, 6) is 0. The molecule has 0 radical (unpaired) electrons. The van der Waals surface area contributed by atoms with Crippen LogP contribution in [0.1, 0.15) is 12.8 Å². The molecular weight excluding hydrogens is 190 g/mol. The summed E-state index contributed by atoms with van der Waals surface area (Å²) in [7, 11) is 3.97. The van der Waals surface area contributed by atoms with E-state index in [0.29, 0.717) is 6.61 Å². The Labute approximate surface area is 87.0 Å². The van der Waals surface area contributed by atoms with Crippen LogP contribution in [0, 0.1) is 0 Å². The lowest BCUT2D eigenvalue weighted by atomic mass is 10.4. The van der Waals surface area contributed by atoms with Gasteiger partial charge in [-0.2, -0.15) is 0 Å². The van der Waals surface area contributed by atoms with E-state index in [0.717, 1.165) is 17.8 Å². The minimum Gasteiger partial charge on any atom is -1.00 e. The molecule has 0 saturated carbocycles. The van der Waals surface area contributed by atoms with Gasteiger partial charge in [0.25, 0.3) is 0 Å². The van der Waals surface area contributed by atoms with Crippen molar-refractivity contribution in [3.05, 3.63) is 0 Å².